The van der Waals surface area contributed by atoms with E-state index in [9.17, 15) is 0 Å². The zero-order chi connectivity index (χ0) is 34.1. The van der Waals surface area contributed by atoms with Crippen LogP contribution in [0.3, 0.4) is 0 Å². The van der Waals surface area contributed by atoms with Crippen LogP contribution in [0.15, 0.2) is 91.0 Å². The standard InChI is InChI=1S/C46H47BO2/c1-43(2)22-24-45(5,6)34-26-28(18-20-32(34)43)30-12-9-14-36-41(30)48-38-16-11-17-39-40(38)47(36)37-15-10-13-31(42(37)49-39)29-19-21-33-35(27-29)46(7,8)25-23-44(33,3)4/h9-21,26-27H,22-25H2,1-8H3. The van der Waals surface area contributed by atoms with Gasteiger partial charge in [-0.05, 0) is 104 Å². The van der Waals surface area contributed by atoms with E-state index in [4.69, 9.17) is 9.47 Å². The molecule has 9 rings (SSSR count). The summed E-state index contributed by atoms with van der Waals surface area (Å²) >= 11 is 0. The third-order valence-corrected chi connectivity index (χ3v) is 12.8. The molecule has 0 N–H and O–H groups in total. The highest BCUT2D eigenvalue weighted by Crippen LogP contribution is 2.50. The van der Waals surface area contributed by atoms with Crippen LogP contribution in [0.2, 0.25) is 0 Å². The van der Waals surface area contributed by atoms with E-state index < -0.39 is 0 Å². The highest BCUT2D eigenvalue weighted by Gasteiger charge is 2.43. The molecule has 2 nitrogen and oxygen atoms in total. The van der Waals surface area contributed by atoms with E-state index in [1.54, 1.807) is 0 Å². The van der Waals surface area contributed by atoms with Crippen LogP contribution in [-0.4, -0.2) is 6.71 Å². The first kappa shape index (κ1) is 30.8. The van der Waals surface area contributed by atoms with Crippen molar-refractivity contribution in [2.75, 3.05) is 0 Å². The van der Waals surface area contributed by atoms with Gasteiger partial charge in [0.05, 0.1) is 0 Å². The van der Waals surface area contributed by atoms with E-state index in [1.807, 2.05) is 0 Å². The number of ether oxygens (including phenoxy) is 2. The van der Waals surface area contributed by atoms with Gasteiger partial charge >= 0.3 is 0 Å². The Hall–Kier alpha value is -4.24. The second kappa shape index (κ2) is 10.2. The molecule has 49 heavy (non-hydrogen) atoms. The van der Waals surface area contributed by atoms with Crippen molar-refractivity contribution in [3.63, 3.8) is 0 Å². The SMILES string of the molecule is CC1(C)CCC(C)(C)c2cc(-c3cccc4c3Oc3cccc5c3B4c3cccc(-c4ccc6c(c4)C(C)(C)CCC6(C)C)c3O5)ccc21. The summed E-state index contributed by atoms with van der Waals surface area (Å²) < 4.78 is 13.8. The maximum atomic E-state index is 6.90. The lowest BCUT2D eigenvalue weighted by atomic mass is 9.34. The van der Waals surface area contributed by atoms with Gasteiger partial charge in [0.2, 0.25) is 0 Å². The Labute approximate surface area is 293 Å². The summed E-state index contributed by atoms with van der Waals surface area (Å²) in [5.74, 6) is 3.69. The molecule has 4 aliphatic rings. The summed E-state index contributed by atoms with van der Waals surface area (Å²) in [5.41, 5.74) is 14.8. The summed E-state index contributed by atoms with van der Waals surface area (Å²) in [6.07, 6.45) is 4.80. The Kier molecular flexibility index (Phi) is 6.38. The summed E-state index contributed by atoms with van der Waals surface area (Å²) in [6.45, 7) is 19.2. The van der Waals surface area contributed by atoms with Gasteiger partial charge in [0.1, 0.15) is 23.0 Å². The molecule has 0 unspecified atom stereocenters. The van der Waals surface area contributed by atoms with E-state index in [0.29, 0.717) is 0 Å². The first-order valence-corrected chi connectivity index (χ1v) is 18.3. The summed E-state index contributed by atoms with van der Waals surface area (Å²) in [4.78, 5) is 0. The van der Waals surface area contributed by atoms with E-state index in [-0.39, 0.29) is 28.4 Å². The maximum absolute atomic E-state index is 6.90. The fourth-order valence-electron chi connectivity index (χ4n) is 9.44. The summed E-state index contributed by atoms with van der Waals surface area (Å²) in [5, 5.41) is 0. The quantitative estimate of drug-likeness (QED) is 0.175. The highest BCUT2D eigenvalue weighted by atomic mass is 16.5. The van der Waals surface area contributed by atoms with Gasteiger partial charge in [0.15, 0.2) is 0 Å². The lowest BCUT2D eigenvalue weighted by Gasteiger charge is -2.42. The van der Waals surface area contributed by atoms with Gasteiger partial charge in [-0.2, -0.15) is 0 Å². The zero-order valence-corrected chi connectivity index (χ0v) is 30.4. The van der Waals surface area contributed by atoms with Gasteiger partial charge < -0.3 is 9.47 Å². The van der Waals surface area contributed by atoms with Gasteiger partial charge in [-0.1, -0.05) is 134 Å². The third kappa shape index (κ3) is 4.53. The van der Waals surface area contributed by atoms with Gasteiger partial charge in [0.25, 0.3) is 6.71 Å². The fourth-order valence-corrected chi connectivity index (χ4v) is 9.44. The third-order valence-electron chi connectivity index (χ3n) is 12.8. The summed E-state index contributed by atoms with van der Waals surface area (Å²) in [7, 11) is 0. The smallest absolute Gasteiger partial charge is 0.260 e. The Morgan fingerprint density at radius 2 is 0.837 bits per heavy atom. The lowest BCUT2D eigenvalue weighted by Crippen LogP contribution is -2.57. The largest absolute Gasteiger partial charge is 0.458 e. The minimum Gasteiger partial charge on any atom is -0.458 e. The minimum atomic E-state index is 0.0135. The Morgan fingerprint density at radius 3 is 1.27 bits per heavy atom. The number of benzene rings is 5. The molecule has 2 aliphatic carbocycles. The predicted molar refractivity (Wildman–Crippen MR) is 206 cm³/mol. The normalized spacial score (nSPS) is 19.6. The summed E-state index contributed by atoms with van der Waals surface area (Å²) in [6, 6.07) is 34.0. The Balaban J connectivity index is 1.21. The molecular weight excluding hydrogens is 595 g/mol. The Bertz CT molecular complexity index is 2050. The molecule has 0 spiro atoms. The van der Waals surface area contributed by atoms with Crippen molar-refractivity contribution in [1.29, 1.82) is 0 Å². The highest BCUT2D eigenvalue weighted by molar-refractivity contribution is 6.98. The average Bonchev–Trinajstić information content (AvgIpc) is 3.08. The lowest BCUT2D eigenvalue weighted by molar-refractivity contribution is 0.332. The van der Waals surface area contributed by atoms with Crippen molar-refractivity contribution in [2.45, 2.75) is 103 Å². The van der Waals surface area contributed by atoms with Gasteiger partial charge in [-0.25, -0.2) is 0 Å². The van der Waals surface area contributed by atoms with Crippen LogP contribution in [0.1, 0.15) is 103 Å². The van der Waals surface area contributed by atoms with Crippen LogP contribution < -0.4 is 25.9 Å². The van der Waals surface area contributed by atoms with Crippen LogP contribution in [-0.2, 0) is 21.7 Å². The predicted octanol–water partition coefficient (Wildman–Crippen LogP) is 10.4. The number of fused-ring (bicyclic) bond motifs is 6. The number of hydrogen-bond acceptors (Lipinski definition) is 2. The second-order valence-corrected chi connectivity index (χ2v) is 17.8. The van der Waals surface area contributed by atoms with E-state index in [0.717, 1.165) is 39.6 Å². The van der Waals surface area contributed by atoms with Crippen LogP contribution in [0.25, 0.3) is 22.3 Å². The monoisotopic (exact) mass is 642 g/mol. The molecule has 0 atom stereocenters. The molecule has 2 heterocycles. The maximum Gasteiger partial charge on any atom is 0.260 e. The van der Waals surface area contributed by atoms with Gasteiger partial charge in [-0.15, -0.1) is 0 Å². The molecule has 0 saturated heterocycles. The second-order valence-electron chi connectivity index (χ2n) is 17.8. The van der Waals surface area contributed by atoms with Gasteiger partial charge in [0, 0.05) is 16.6 Å². The van der Waals surface area contributed by atoms with Crippen LogP contribution in [0.5, 0.6) is 23.0 Å². The van der Waals surface area contributed by atoms with Crippen molar-refractivity contribution in [2.24, 2.45) is 0 Å². The molecule has 0 amide bonds. The van der Waals surface area contributed by atoms with Crippen LogP contribution >= 0.6 is 0 Å². The van der Waals surface area contributed by atoms with Crippen LogP contribution in [0.4, 0.5) is 0 Å². The van der Waals surface area contributed by atoms with Crippen molar-refractivity contribution in [1.82, 2.24) is 0 Å². The van der Waals surface area contributed by atoms with E-state index in [1.165, 1.54) is 70.0 Å². The van der Waals surface area contributed by atoms with Crippen LogP contribution in [0, 0.1) is 0 Å². The number of hydrogen-bond donors (Lipinski definition) is 0. The molecule has 5 aromatic rings. The first-order valence-electron chi connectivity index (χ1n) is 18.3. The molecule has 5 aromatic carbocycles. The molecule has 2 aliphatic heterocycles. The van der Waals surface area contributed by atoms with Crippen molar-refractivity contribution >= 4 is 23.1 Å². The molecule has 3 heteroatoms. The number of rotatable bonds is 2. The van der Waals surface area contributed by atoms with Crippen molar-refractivity contribution in [3.8, 4) is 45.3 Å². The molecule has 0 fully saturated rings. The van der Waals surface area contributed by atoms with E-state index in [2.05, 4.69) is 146 Å². The van der Waals surface area contributed by atoms with Gasteiger partial charge in [-0.3, -0.25) is 0 Å². The van der Waals surface area contributed by atoms with Crippen molar-refractivity contribution < 1.29 is 9.47 Å². The minimum absolute atomic E-state index is 0.0135. The zero-order valence-electron chi connectivity index (χ0n) is 30.4. The molecule has 246 valence electrons. The average molecular weight is 643 g/mol. The molecule has 0 bridgehead atoms. The molecular formula is C46H47BO2. The molecule has 0 radical (unpaired) electrons. The molecule has 0 aromatic heterocycles. The Morgan fingerprint density at radius 1 is 0.449 bits per heavy atom. The molecule has 0 saturated carbocycles. The fraction of sp³-hybridized carbons (Fsp3) is 0.348. The topological polar surface area (TPSA) is 18.5 Å². The first-order chi connectivity index (χ1) is 23.3. The van der Waals surface area contributed by atoms with E-state index >= 15 is 0 Å². The van der Waals surface area contributed by atoms with Crippen molar-refractivity contribution in [3.05, 3.63) is 113 Å². The number of para-hydroxylation sites is 2.